The van der Waals surface area contributed by atoms with Crippen LogP contribution in [0.3, 0.4) is 0 Å². The second kappa shape index (κ2) is 4.42. The SMILES string of the molecule is Cc1sc(Cn2ncc(I)c2N)cc1Br. The Morgan fingerprint density at radius 2 is 2.40 bits per heavy atom. The summed E-state index contributed by atoms with van der Waals surface area (Å²) < 4.78 is 3.97. The van der Waals surface area contributed by atoms with Crippen LogP contribution in [0, 0.1) is 10.5 Å². The molecule has 15 heavy (non-hydrogen) atoms. The Morgan fingerprint density at radius 3 is 2.87 bits per heavy atom. The van der Waals surface area contributed by atoms with E-state index in [2.05, 4.69) is 56.6 Å². The van der Waals surface area contributed by atoms with E-state index in [9.17, 15) is 0 Å². The van der Waals surface area contributed by atoms with Gasteiger partial charge >= 0.3 is 0 Å². The highest BCUT2D eigenvalue weighted by Gasteiger charge is 2.08. The normalized spacial score (nSPS) is 10.9. The van der Waals surface area contributed by atoms with Crippen LogP contribution in [0.25, 0.3) is 0 Å². The first kappa shape index (κ1) is 11.4. The van der Waals surface area contributed by atoms with Gasteiger partial charge in [-0.05, 0) is 51.5 Å². The number of nitrogens with zero attached hydrogens (tertiary/aromatic N) is 2. The molecule has 0 aliphatic carbocycles. The van der Waals surface area contributed by atoms with Crippen LogP contribution < -0.4 is 5.73 Å². The van der Waals surface area contributed by atoms with Gasteiger partial charge in [-0.3, -0.25) is 0 Å². The maximum absolute atomic E-state index is 5.88. The fourth-order valence-corrected chi connectivity index (χ4v) is 3.23. The lowest BCUT2D eigenvalue weighted by Gasteiger charge is -2.01. The molecule has 6 heteroatoms. The van der Waals surface area contributed by atoms with E-state index < -0.39 is 0 Å². The van der Waals surface area contributed by atoms with Gasteiger partial charge in [-0.15, -0.1) is 11.3 Å². The summed E-state index contributed by atoms with van der Waals surface area (Å²) in [6, 6.07) is 2.12. The van der Waals surface area contributed by atoms with Crippen molar-refractivity contribution in [2.45, 2.75) is 13.5 Å². The van der Waals surface area contributed by atoms with Crippen LogP contribution in [0.2, 0.25) is 0 Å². The number of anilines is 1. The van der Waals surface area contributed by atoms with E-state index in [0.29, 0.717) is 0 Å². The molecule has 0 radical (unpaired) electrons. The molecule has 0 unspecified atom stereocenters. The number of nitrogens with two attached hydrogens (primary N) is 1. The third-order valence-electron chi connectivity index (χ3n) is 2.05. The maximum Gasteiger partial charge on any atom is 0.135 e. The number of aromatic nitrogens is 2. The van der Waals surface area contributed by atoms with Gasteiger partial charge in [0.25, 0.3) is 0 Å². The third kappa shape index (κ3) is 2.36. The second-order valence-corrected chi connectivity index (χ2v) is 6.51. The topological polar surface area (TPSA) is 43.8 Å². The number of hydrogen-bond donors (Lipinski definition) is 1. The van der Waals surface area contributed by atoms with Crippen LogP contribution >= 0.6 is 49.9 Å². The summed E-state index contributed by atoms with van der Waals surface area (Å²) in [7, 11) is 0. The second-order valence-electron chi connectivity index (χ2n) is 3.15. The van der Waals surface area contributed by atoms with Crippen molar-refractivity contribution in [3.05, 3.63) is 30.1 Å². The Kier molecular flexibility index (Phi) is 3.36. The van der Waals surface area contributed by atoms with Gasteiger partial charge in [-0.2, -0.15) is 5.10 Å². The third-order valence-corrected chi connectivity index (χ3v) is 5.00. The van der Waals surface area contributed by atoms with Crippen molar-refractivity contribution in [3.8, 4) is 0 Å². The highest BCUT2D eigenvalue weighted by molar-refractivity contribution is 14.1. The fourth-order valence-electron chi connectivity index (χ4n) is 1.24. The first-order chi connectivity index (χ1) is 7.08. The number of aryl methyl sites for hydroxylation is 1. The molecular formula is C9H9BrIN3S. The Balaban J connectivity index is 2.25. The van der Waals surface area contributed by atoms with Gasteiger partial charge in [-0.1, -0.05) is 0 Å². The van der Waals surface area contributed by atoms with E-state index >= 15 is 0 Å². The summed E-state index contributed by atoms with van der Waals surface area (Å²) >= 11 is 7.45. The van der Waals surface area contributed by atoms with Crippen LogP contribution in [0.15, 0.2) is 16.7 Å². The average molecular weight is 398 g/mol. The zero-order valence-electron chi connectivity index (χ0n) is 8.00. The lowest BCUT2D eigenvalue weighted by atomic mass is 10.4. The molecule has 0 spiro atoms. The smallest absolute Gasteiger partial charge is 0.135 e. The largest absolute Gasteiger partial charge is 0.383 e. The lowest BCUT2D eigenvalue weighted by molar-refractivity contribution is 0.705. The van der Waals surface area contributed by atoms with Crippen molar-refractivity contribution in [2.24, 2.45) is 0 Å². The summed E-state index contributed by atoms with van der Waals surface area (Å²) in [6.45, 7) is 2.83. The van der Waals surface area contributed by atoms with E-state index in [1.807, 2.05) is 4.68 Å². The molecule has 2 rings (SSSR count). The molecule has 0 aliphatic heterocycles. The molecule has 2 N–H and O–H groups in total. The van der Waals surface area contributed by atoms with Gasteiger partial charge in [-0.25, -0.2) is 4.68 Å². The monoisotopic (exact) mass is 397 g/mol. The van der Waals surface area contributed by atoms with Crippen LogP contribution in [0.4, 0.5) is 5.82 Å². The minimum absolute atomic E-state index is 0.734. The highest BCUT2D eigenvalue weighted by atomic mass is 127. The van der Waals surface area contributed by atoms with Crippen molar-refractivity contribution in [3.63, 3.8) is 0 Å². The predicted octanol–water partition coefficient (Wildman–Crippen LogP) is 3.25. The van der Waals surface area contributed by atoms with Crippen LogP contribution in [-0.2, 0) is 6.54 Å². The van der Waals surface area contributed by atoms with E-state index in [0.717, 1.165) is 20.4 Å². The molecule has 0 atom stereocenters. The minimum Gasteiger partial charge on any atom is -0.383 e. The molecule has 0 amide bonds. The van der Waals surface area contributed by atoms with Gasteiger partial charge in [0, 0.05) is 14.2 Å². The van der Waals surface area contributed by atoms with Crippen LogP contribution in [0.5, 0.6) is 0 Å². The number of rotatable bonds is 2. The van der Waals surface area contributed by atoms with Gasteiger partial charge in [0.2, 0.25) is 0 Å². The first-order valence-electron chi connectivity index (χ1n) is 4.29. The molecule has 0 aromatic carbocycles. The summed E-state index contributed by atoms with van der Waals surface area (Å²) in [6.07, 6.45) is 1.78. The van der Waals surface area contributed by atoms with E-state index in [1.54, 1.807) is 17.5 Å². The number of hydrogen-bond acceptors (Lipinski definition) is 3. The standard InChI is InChI=1S/C9H9BrIN3S/c1-5-7(10)2-6(15-5)4-14-9(12)8(11)3-13-14/h2-3H,4,12H2,1H3. The van der Waals surface area contributed by atoms with E-state index in [1.165, 1.54) is 9.75 Å². The quantitative estimate of drug-likeness (QED) is 0.790. The molecule has 2 heterocycles. The highest BCUT2D eigenvalue weighted by Crippen LogP contribution is 2.27. The summed E-state index contributed by atoms with van der Waals surface area (Å²) in [5.74, 6) is 0.734. The molecule has 0 aliphatic rings. The number of nitrogen functional groups attached to an aromatic ring is 1. The fraction of sp³-hybridized carbons (Fsp3) is 0.222. The number of thiophene rings is 1. The summed E-state index contributed by atoms with van der Waals surface area (Å²) in [5, 5.41) is 4.23. The molecule has 3 nitrogen and oxygen atoms in total. The molecule has 0 saturated heterocycles. The molecule has 0 fully saturated rings. The van der Waals surface area contributed by atoms with Gasteiger partial charge in [0.1, 0.15) is 5.82 Å². The van der Waals surface area contributed by atoms with Crippen molar-refractivity contribution in [1.29, 1.82) is 0 Å². The Labute approximate surface area is 114 Å². The number of halogens is 2. The van der Waals surface area contributed by atoms with Crippen molar-refractivity contribution in [2.75, 3.05) is 5.73 Å². The van der Waals surface area contributed by atoms with Gasteiger partial charge in [0.15, 0.2) is 0 Å². The average Bonchev–Trinajstić information content (AvgIpc) is 2.65. The summed E-state index contributed by atoms with van der Waals surface area (Å²) in [5.41, 5.74) is 5.88. The van der Waals surface area contributed by atoms with Crippen LogP contribution in [0.1, 0.15) is 9.75 Å². The molecule has 0 saturated carbocycles. The van der Waals surface area contributed by atoms with Gasteiger partial charge in [0.05, 0.1) is 16.3 Å². The van der Waals surface area contributed by atoms with Crippen molar-refractivity contribution in [1.82, 2.24) is 9.78 Å². The van der Waals surface area contributed by atoms with E-state index in [4.69, 9.17) is 5.73 Å². The Morgan fingerprint density at radius 1 is 1.67 bits per heavy atom. The molecule has 0 bridgehead atoms. The van der Waals surface area contributed by atoms with Gasteiger partial charge < -0.3 is 5.73 Å². The molecular weight excluding hydrogens is 389 g/mol. The molecule has 2 aromatic rings. The Hall–Kier alpha value is -0.0800. The lowest BCUT2D eigenvalue weighted by Crippen LogP contribution is -2.04. The first-order valence-corrected chi connectivity index (χ1v) is 6.98. The van der Waals surface area contributed by atoms with Crippen molar-refractivity contribution >= 4 is 55.7 Å². The zero-order valence-corrected chi connectivity index (χ0v) is 12.6. The molecule has 2 aromatic heterocycles. The minimum atomic E-state index is 0.734. The summed E-state index contributed by atoms with van der Waals surface area (Å²) in [4.78, 5) is 2.54. The Bertz CT molecular complexity index is 472. The molecule has 80 valence electrons. The maximum atomic E-state index is 5.88. The van der Waals surface area contributed by atoms with Crippen LogP contribution in [-0.4, -0.2) is 9.78 Å². The predicted molar refractivity (Wildman–Crippen MR) is 75.2 cm³/mol. The van der Waals surface area contributed by atoms with Crippen molar-refractivity contribution < 1.29 is 0 Å². The van der Waals surface area contributed by atoms with E-state index in [-0.39, 0.29) is 0 Å². The zero-order chi connectivity index (χ0) is 11.0.